The number of esters is 2. The van der Waals surface area contributed by atoms with Gasteiger partial charge in [0.05, 0.1) is 41.0 Å². The van der Waals surface area contributed by atoms with Gasteiger partial charge in [0.2, 0.25) is 0 Å². The maximum atomic E-state index is 12.8. The minimum Gasteiger partial charge on any atom is -0.465 e. The van der Waals surface area contributed by atoms with E-state index in [2.05, 4.69) is 14.2 Å². The van der Waals surface area contributed by atoms with E-state index in [0.29, 0.717) is 5.56 Å². The first-order valence-electron chi connectivity index (χ1n) is 7.29. The Hall–Kier alpha value is -2.58. The molecule has 0 amide bonds. The molecule has 0 aliphatic rings. The van der Waals surface area contributed by atoms with E-state index in [1.807, 2.05) is 0 Å². The minimum atomic E-state index is -4.07. The lowest BCUT2D eigenvalue weighted by atomic mass is 10.1. The molecule has 0 bridgehead atoms. The normalized spacial score (nSPS) is 10.9. The summed E-state index contributed by atoms with van der Waals surface area (Å²) < 4.78 is 37.0. The summed E-state index contributed by atoms with van der Waals surface area (Å²) in [6.45, 7) is 1.59. The number of methoxy groups -OCH3 is 2. The summed E-state index contributed by atoms with van der Waals surface area (Å²) in [5.74, 6) is -1.29. The zero-order valence-electron chi connectivity index (χ0n) is 14.2. The number of hydrogen-bond donors (Lipinski definition) is 1. The molecule has 0 unspecified atom stereocenters. The highest BCUT2D eigenvalue weighted by molar-refractivity contribution is 7.92. The summed E-state index contributed by atoms with van der Waals surface area (Å²) in [7, 11) is -1.66. The molecule has 9 heteroatoms. The van der Waals surface area contributed by atoms with Crippen molar-refractivity contribution in [2.24, 2.45) is 0 Å². The Kier molecular flexibility index (Phi) is 5.89. The Labute approximate surface area is 155 Å². The number of aryl methyl sites for hydroxylation is 1. The van der Waals surface area contributed by atoms with Crippen LogP contribution in [0.25, 0.3) is 0 Å². The molecule has 7 nitrogen and oxygen atoms in total. The molecular formula is C17H16ClNO6S. The average Bonchev–Trinajstić information content (AvgIpc) is 2.62. The van der Waals surface area contributed by atoms with Crippen molar-refractivity contribution < 1.29 is 27.5 Å². The summed E-state index contributed by atoms with van der Waals surface area (Å²) in [5, 5.41) is 0.100. The van der Waals surface area contributed by atoms with Crippen LogP contribution >= 0.6 is 11.6 Å². The Bertz CT molecular complexity index is 971. The highest BCUT2D eigenvalue weighted by Crippen LogP contribution is 2.27. The van der Waals surface area contributed by atoms with Crippen molar-refractivity contribution in [3.63, 3.8) is 0 Å². The lowest BCUT2D eigenvalue weighted by Gasteiger charge is -2.13. The van der Waals surface area contributed by atoms with E-state index in [9.17, 15) is 18.0 Å². The first-order valence-corrected chi connectivity index (χ1v) is 9.15. The van der Waals surface area contributed by atoms with Crippen LogP contribution in [0.2, 0.25) is 5.02 Å². The smallest absolute Gasteiger partial charge is 0.337 e. The van der Waals surface area contributed by atoms with Gasteiger partial charge < -0.3 is 9.47 Å². The molecule has 2 aromatic carbocycles. The van der Waals surface area contributed by atoms with E-state index in [1.165, 1.54) is 50.6 Å². The number of sulfonamides is 1. The topological polar surface area (TPSA) is 98.8 Å². The Morgan fingerprint density at radius 3 is 2.08 bits per heavy atom. The van der Waals surface area contributed by atoms with Gasteiger partial charge in [-0.1, -0.05) is 17.7 Å². The third kappa shape index (κ3) is 4.14. The number of carbonyl (C=O) groups is 2. The van der Waals surface area contributed by atoms with E-state index >= 15 is 0 Å². The van der Waals surface area contributed by atoms with E-state index in [-0.39, 0.29) is 26.7 Å². The summed E-state index contributed by atoms with van der Waals surface area (Å²) in [4.78, 5) is 23.2. The van der Waals surface area contributed by atoms with E-state index < -0.39 is 22.0 Å². The van der Waals surface area contributed by atoms with Gasteiger partial charge in [0.15, 0.2) is 0 Å². The zero-order valence-corrected chi connectivity index (χ0v) is 15.8. The molecule has 0 saturated heterocycles. The number of halogens is 1. The molecule has 2 aromatic rings. The molecule has 2 rings (SSSR count). The zero-order chi connectivity index (χ0) is 19.5. The maximum absolute atomic E-state index is 12.8. The predicted molar refractivity (Wildman–Crippen MR) is 96.1 cm³/mol. The molecule has 26 heavy (non-hydrogen) atoms. The summed E-state index contributed by atoms with van der Waals surface area (Å²) in [6.07, 6.45) is 0. The summed E-state index contributed by atoms with van der Waals surface area (Å²) >= 11 is 6.03. The van der Waals surface area contributed by atoms with Crippen LogP contribution in [-0.4, -0.2) is 34.6 Å². The van der Waals surface area contributed by atoms with Crippen LogP contribution in [-0.2, 0) is 19.5 Å². The molecule has 0 heterocycles. The van der Waals surface area contributed by atoms with Crippen LogP contribution in [0.3, 0.4) is 0 Å². The largest absolute Gasteiger partial charge is 0.465 e. The van der Waals surface area contributed by atoms with Gasteiger partial charge in [-0.2, -0.15) is 0 Å². The Morgan fingerprint density at radius 2 is 1.50 bits per heavy atom. The SMILES string of the molecule is COC(=O)c1ccc(Cl)c(NS(=O)(=O)c2cc(C(=O)OC)ccc2C)c1. The number of anilines is 1. The van der Waals surface area contributed by atoms with Crippen LogP contribution in [0.1, 0.15) is 26.3 Å². The third-order valence-corrected chi connectivity index (χ3v) is 5.37. The van der Waals surface area contributed by atoms with Crippen molar-refractivity contribution in [2.75, 3.05) is 18.9 Å². The van der Waals surface area contributed by atoms with Crippen molar-refractivity contribution in [3.05, 3.63) is 58.1 Å². The van der Waals surface area contributed by atoms with Crippen LogP contribution < -0.4 is 4.72 Å². The molecule has 0 aliphatic heterocycles. The molecule has 0 aliphatic carbocycles. The number of nitrogens with one attached hydrogen (secondary N) is 1. The van der Waals surface area contributed by atoms with Gasteiger partial charge in [0.25, 0.3) is 10.0 Å². The molecule has 0 fully saturated rings. The van der Waals surface area contributed by atoms with Crippen LogP contribution in [0.5, 0.6) is 0 Å². The second-order valence-corrected chi connectivity index (χ2v) is 7.32. The Morgan fingerprint density at radius 1 is 0.962 bits per heavy atom. The molecule has 0 aromatic heterocycles. The van der Waals surface area contributed by atoms with E-state index in [4.69, 9.17) is 11.6 Å². The number of benzene rings is 2. The molecule has 0 radical (unpaired) electrons. The highest BCUT2D eigenvalue weighted by Gasteiger charge is 2.21. The van der Waals surface area contributed by atoms with Crippen molar-refractivity contribution in [1.82, 2.24) is 0 Å². The van der Waals surface area contributed by atoms with Crippen molar-refractivity contribution in [3.8, 4) is 0 Å². The molecule has 138 valence electrons. The van der Waals surface area contributed by atoms with Gasteiger partial charge in [0.1, 0.15) is 0 Å². The first kappa shape index (κ1) is 19.7. The van der Waals surface area contributed by atoms with Gasteiger partial charge in [-0.05, 0) is 42.8 Å². The minimum absolute atomic E-state index is 0.0115. The van der Waals surface area contributed by atoms with Gasteiger partial charge in [-0.25, -0.2) is 18.0 Å². The highest BCUT2D eigenvalue weighted by atomic mass is 35.5. The monoisotopic (exact) mass is 397 g/mol. The standard InChI is InChI=1S/C17H16ClNO6S/c1-10-4-5-12(17(21)25-3)9-15(10)26(22,23)19-14-8-11(16(20)24-2)6-7-13(14)18/h4-9,19H,1-3H3. The lowest BCUT2D eigenvalue weighted by Crippen LogP contribution is -2.16. The second-order valence-electron chi connectivity index (χ2n) is 5.26. The first-order chi connectivity index (χ1) is 12.2. The van der Waals surface area contributed by atoms with Crippen molar-refractivity contribution in [2.45, 2.75) is 11.8 Å². The average molecular weight is 398 g/mol. The quantitative estimate of drug-likeness (QED) is 0.778. The van der Waals surface area contributed by atoms with E-state index in [1.54, 1.807) is 6.92 Å². The molecular weight excluding hydrogens is 382 g/mol. The molecule has 1 N–H and O–H groups in total. The summed E-state index contributed by atoms with van der Waals surface area (Å²) in [6, 6.07) is 8.23. The van der Waals surface area contributed by atoms with Crippen LogP contribution in [0.15, 0.2) is 41.3 Å². The third-order valence-electron chi connectivity index (χ3n) is 3.53. The van der Waals surface area contributed by atoms with Gasteiger partial charge in [0, 0.05) is 0 Å². The van der Waals surface area contributed by atoms with E-state index in [0.717, 1.165) is 0 Å². The van der Waals surface area contributed by atoms with Crippen LogP contribution in [0, 0.1) is 6.92 Å². The van der Waals surface area contributed by atoms with Gasteiger partial charge in [-0.15, -0.1) is 0 Å². The molecule has 0 atom stereocenters. The van der Waals surface area contributed by atoms with Crippen molar-refractivity contribution >= 4 is 39.3 Å². The van der Waals surface area contributed by atoms with Crippen LogP contribution in [0.4, 0.5) is 5.69 Å². The number of ether oxygens (including phenoxy) is 2. The number of hydrogen-bond acceptors (Lipinski definition) is 6. The summed E-state index contributed by atoms with van der Waals surface area (Å²) in [5.41, 5.74) is 0.658. The van der Waals surface area contributed by atoms with Crippen molar-refractivity contribution in [1.29, 1.82) is 0 Å². The Balaban J connectivity index is 2.47. The fourth-order valence-electron chi connectivity index (χ4n) is 2.18. The van der Waals surface area contributed by atoms with Gasteiger partial charge >= 0.3 is 11.9 Å². The predicted octanol–water partition coefficient (Wildman–Crippen LogP) is 3.02. The number of rotatable bonds is 5. The van der Waals surface area contributed by atoms with Gasteiger partial charge in [-0.3, -0.25) is 4.72 Å². The molecule has 0 spiro atoms. The fourth-order valence-corrected chi connectivity index (χ4v) is 3.75. The fraction of sp³-hybridized carbons (Fsp3) is 0.176. The second kappa shape index (κ2) is 7.76. The number of carbonyl (C=O) groups excluding carboxylic acids is 2. The molecule has 0 saturated carbocycles. The lowest BCUT2D eigenvalue weighted by molar-refractivity contribution is 0.0591. The maximum Gasteiger partial charge on any atom is 0.337 e.